The molecule has 2 N–H and O–H groups in total. The molecule has 2 atom stereocenters. The average Bonchev–Trinajstić information content (AvgIpc) is 2.43. The second kappa shape index (κ2) is 6.84. The van der Waals surface area contributed by atoms with Crippen molar-refractivity contribution in [3.63, 3.8) is 0 Å². The molecule has 2 heterocycles. The van der Waals surface area contributed by atoms with Crippen LogP contribution in [-0.4, -0.2) is 62.1 Å². The zero-order valence-electron chi connectivity index (χ0n) is 13.7. The number of carbonyl (C=O) groups is 1. The Morgan fingerprint density at radius 3 is 2.74 bits per heavy atom. The molecular weight excluding hydrogens is 322 g/mol. The first-order chi connectivity index (χ1) is 10.7. The van der Waals surface area contributed by atoms with Crippen molar-refractivity contribution < 1.29 is 14.6 Å². The summed E-state index contributed by atoms with van der Waals surface area (Å²) < 4.78 is 5.36. The van der Waals surface area contributed by atoms with Crippen LogP contribution in [0.4, 0.5) is 10.7 Å². The van der Waals surface area contributed by atoms with E-state index in [9.17, 15) is 9.90 Å². The molecule has 1 aromatic rings. The molecule has 0 spiro atoms. The van der Waals surface area contributed by atoms with E-state index in [0.717, 1.165) is 0 Å². The van der Waals surface area contributed by atoms with Gasteiger partial charge in [-0.25, -0.2) is 9.78 Å². The molecule has 0 bridgehead atoms. The summed E-state index contributed by atoms with van der Waals surface area (Å²) in [6.45, 7) is 7.89. The minimum absolute atomic E-state index is 0.232. The molecular formula is C14H22ClN5O3. The number of aliphatic hydroxyl groups excluding tert-OH is 1. The van der Waals surface area contributed by atoms with Crippen molar-refractivity contribution in [3.8, 4) is 0 Å². The van der Waals surface area contributed by atoms with E-state index in [4.69, 9.17) is 16.3 Å². The lowest BCUT2D eigenvalue weighted by molar-refractivity contribution is 0.00687. The van der Waals surface area contributed by atoms with E-state index in [-0.39, 0.29) is 11.1 Å². The van der Waals surface area contributed by atoms with Gasteiger partial charge in [0.1, 0.15) is 5.60 Å². The Hall–Kier alpha value is -1.67. The van der Waals surface area contributed by atoms with Crippen LogP contribution in [0.2, 0.25) is 5.15 Å². The second-order valence-corrected chi connectivity index (χ2v) is 6.90. The van der Waals surface area contributed by atoms with Gasteiger partial charge in [-0.15, -0.1) is 10.2 Å². The summed E-state index contributed by atoms with van der Waals surface area (Å²) in [6.07, 6.45) is -0.576. The third-order valence-electron chi connectivity index (χ3n) is 3.35. The molecule has 1 aromatic heterocycles. The van der Waals surface area contributed by atoms with Crippen LogP contribution in [0.3, 0.4) is 0 Å². The molecule has 0 unspecified atom stereocenters. The van der Waals surface area contributed by atoms with Crippen LogP contribution in [0, 0.1) is 6.92 Å². The fourth-order valence-electron chi connectivity index (χ4n) is 2.19. The number of hydrogen-bond donors (Lipinski definition) is 2. The zero-order valence-corrected chi connectivity index (χ0v) is 14.5. The fourth-order valence-corrected chi connectivity index (χ4v) is 2.27. The minimum Gasteiger partial charge on any atom is -0.444 e. The molecule has 1 aliphatic heterocycles. The molecule has 8 nitrogen and oxygen atoms in total. The summed E-state index contributed by atoms with van der Waals surface area (Å²) in [5.41, 5.74) is -0.0189. The Kier molecular flexibility index (Phi) is 5.26. The Balaban J connectivity index is 2.03. The van der Waals surface area contributed by atoms with Gasteiger partial charge in [-0.2, -0.15) is 0 Å². The topological polar surface area (TPSA) is 100 Å². The number of nitrogens with one attached hydrogen (secondary N) is 1. The molecule has 0 saturated carbocycles. The van der Waals surface area contributed by atoms with Gasteiger partial charge in [0.15, 0.2) is 5.15 Å². The lowest BCUT2D eigenvalue weighted by atomic mass is 10.0. The lowest BCUT2D eigenvalue weighted by Crippen LogP contribution is -2.53. The van der Waals surface area contributed by atoms with Crippen molar-refractivity contribution in [2.45, 2.75) is 51.9 Å². The third-order valence-corrected chi connectivity index (χ3v) is 3.70. The highest BCUT2D eigenvalue weighted by Gasteiger charge is 2.33. The van der Waals surface area contributed by atoms with E-state index < -0.39 is 23.8 Å². The Labute approximate surface area is 140 Å². The van der Waals surface area contributed by atoms with Crippen LogP contribution in [0.1, 0.15) is 32.9 Å². The van der Waals surface area contributed by atoms with Crippen molar-refractivity contribution in [2.75, 3.05) is 18.4 Å². The number of hydrogen-bond acceptors (Lipinski definition) is 7. The van der Waals surface area contributed by atoms with E-state index in [0.29, 0.717) is 25.2 Å². The number of carbonyl (C=O) groups excluding carboxylic acids is 1. The Bertz CT molecular complexity index is 578. The van der Waals surface area contributed by atoms with Crippen molar-refractivity contribution in [3.05, 3.63) is 10.8 Å². The first-order valence-electron chi connectivity index (χ1n) is 7.45. The van der Waals surface area contributed by atoms with Gasteiger partial charge in [0.05, 0.1) is 17.8 Å². The van der Waals surface area contributed by atoms with E-state index in [1.54, 1.807) is 11.8 Å². The second-order valence-electron chi connectivity index (χ2n) is 6.54. The summed E-state index contributed by atoms with van der Waals surface area (Å²) in [5.74, 6) is 0.266. The monoisotopic (exact) mass is 343 g/mol. The van der Waals surface area contributed by atoms with Crippen LogP contribution in [0.15, 0.2) is 0 Å². The number of halogens is 1. The van der Waals surface area contributed by atoms with Gasteiger partial charge < -0.3 is 20.1 Å². The van der Waals surface area contributed by atoms with Gasteiger partial charge in [-0.1, -0.05) is 11.6 Å². The van der Waals surface area contributed by atoms with Crippen LogP contribution in [0.5, 0.6) is 0 Å². The summed E-state index contributed by atoms with van der Waals surface area (Å²) in [4.78, 5) is 17.9. The summed E-state index contributed by atoms with van der Waals surface area (Å²) in [7, 11) is 0. The number of likely N-dealkylation sites (tertiary alicyclic amines) is 1. The SMILES string of the molecule is Cc1nc(N[C@H]2CN(C(=O)OC(C)(C)C)CC[C@@H]2O)nnc1Cl. The van der Waals surface area contributed by atoms with Gasteiger partial charge >= 0.3 is 6.09 Å². The lowest BCUT2D eigenvalue weighted by Gasteiger charge is -2.37. The molecule has 23 heavy (non-hydrogen) atoms. The van der Waals surface area contributed by atoms with Crippen molar-refractivity contribution >= 4 is 23.6 Å². The van der Waals surface area contributed by atoms with Crippen LogP contribution < -0.4 is 5.32 Å². The van der Waals surface area contributed by atoms with E-state index in [1.165, 1.54) is 0 Å². The van der Waals surface area contributed by atoms with E-state index in [2.05, 4.69) is 20.5 Å². The van der Waals surface area contributed by atoms with Crippen molar-refractivity contribution in [2.24, 2.45) is 0 Å². The minimum atomic E-state index is -0.617. The maximum absolute atomic E-state index is 12.2. The Morgan fingerprint density at radius 1 is 1.43 bits per heavy atom. The molecule has 128 valence electrons. The molecule has 1 fully saturated rings. The van der Waals surface area contributed by atoms with Crippen LogP contribution >= 0.6 is 11.6 Å². The standard InChI is InChI=1S/C14H22ClN5O3/c1-8-11(15)18-19-12(16-8)17-9-7-20(6-5-10(9)21)13(22)23-14(2,3)4/h9-10,21H,5-7H2,1-4H3,(H,16,17,19)/t9-,10-/m0/s1. The fraction of sp³-hybridized carbons (Fsp3) is 0.714. The predicted octanol–water partition coefficient (Wildman–Crippen LogP) is 1.62. The smallest absolute Gasteiger partial charge is 0.410 e. The van der Waals surface area contributed by atoms with Crippen molar-refractivity contribution in [1.29, 1.82) is 0 Å². The quantitative estimate of drug-likeness (QED) is 0.841. The number of aromatic nitrogens is 3. The number of nitrogens with zero attached hydrogens (tertiary/aromatic N) is 4. The zero-order chi connectivity index (χ0) is 17.2. The molecule has 0 radical (unpaired) electrons. The van der Waals surface area contributed by atoms with Gasteiger partial charge in [-0.05, 0) is 34.1 Å². The first kappa shape index (κ1) is 17.7. The number of rotatable bonds is 2. The highest BCUT2D eigenvalue weighted by atomic mass is 35.5. The molecule has 1 saturated heterocycles. The number of aliphatic hydroxyl groups is 1. The van der Waals surface area contributed by atoms with Gasteiger partial charge in [0, 0.05) is 13.1 Å². The number of piperidine rings is 1. The summed E-state index contributed by atoms with van der Waals surface area (Å²) in [5, 5.41) is 21.0. The molecule has 1 aliphatic rings. The maximum atomic E-state index is 12.2. The summed E-state index contributed by atoms with van der Waals surface area (Å²) in [6, 6.07) is -0.404. The highest BCUT2D eigenvalue weighted by molar-refractivity contribution is 6.29. The first-order valence-corrected chi connectivity index (χ1v) is 7.83. The number of aryl methyl sites for hydroxylation is 1. The molecule has 1 amide bonds. The Morgan fingerprint density at radius 2 is 2.13 bits per heavy atom. The van der Waals surface area contributed by atoms with Crippen LogP contribution in [0.25, 0.3) is 0 Å². The molecule has 0 aromatic carbocycles. The highest BCUT2D eigenvalue weighted by Crippen LogP contribution is 2.18. The molecule has 0 aliphatic carbocycles. The maximum Gasteiger partial charge on any atom is 0.410 e. The van der Waals surface area contributed by atoms with E-state index in [1.807, 2.05) is 20.8 Å². The van der Waals surface area contributed by atoms with Crippen LogP contribution in [-0.2, 0) is 4.74 Å². The number of amides is 1. The third kappa shape index (κ3) is 4.90. The van der Waals surface area contributed by atoms with Gasteiger partial charge in [0.2, 0.25) is 5.95 Å². The predicted molar refractivity (Wildman–Crippen MR) is 85.4 cm³/mol. The summed E-state index contributed by atoms with van der Waals surface area (Å²) >= 11 is 5.80. The number of ether oxygens (including phenoxy) is 1. The van der Waals surface area contributed by atoms with Gasteiger partial charge in [-0.3, -0.25) is 0 Å². The van der Waals surface area contributed by atoms with Crippen molar-refractivity contribution in [1.82, 2.24) is 20.1 Å². The molecule has 9 heteroatoms. The van der Waals surface area contributed by atoms with E-state index >= 15 is 0 Å². The van der Waals surface area contributed by atoms with Gasteiger partial charge in [0.25, 0.3) is 0 Å². The largest absolute Gasteiger partial charge is 0.444 e. The number of anilines is 1. The molecule has 2 rings (SSSR count). The normalized spacial score (nSPS) is 21.9. The average molecular weight is 344 g/mol.